The van der Waals surface area contributed by atoms with Crippen LogP contribution in [0.2, 0.25) is 0 Å². The molecular weight excluding hydrogens is 769 g/mol. The first-order chi connectivity index (χ1) is 28.4. The number of fused-ring (bicyclic) bond motifs is 1. The Morgan fingerprint density at radius 1 is 0.800 bits per heavy atom. The number of nitrogens with one attached hydrogen (secondary N) is 1. The lowest BCUT2D eigenvalue weighted by molar-refractivity contribution is 0.0188. The minimum Gasteiger partial charge on any atom is -0.507 e. The highest BCUT2D eigenvalue weighted by atomic mass is 16.6. The maximum Gasteiger partial charge on any atom is 0.413 e. The van der Waals surface area contributed by atoms with Gasteiger partial charge in [0.1, 0.15) is 40.9 Å². The number of nitrogen functional groups attached to an aromatic ring is 1. The van der Waals surface area contributed by atoms with Gasteiger partial charge in [-0.1, -0.05) is 24.3 Å². The van der Waals surface area contributed by atoms with E-state index < -0.39 is 17.3 Å². The van der Waals surface area contributed by atoms with E-state index in [0.29, 0.717) is 60.1 Å². The predicted octanol–water partition coefficient (Wildman–Crippen LogP) is 8.27. The molecule has 2 aromatic heterocycles. The Kier molecular flexibility index (Phi) is 13.1. The van der Waals surface area contributed by atoms with Crippen LogP contribution in [0.1, 0.15) is 101 Å². The van der Waals surface area contributed by atoms with Gasteiger partial charge < -0.3 is 45.1 Å². The molecule has 2 unspecified atom stereocenters. The molecule has 2 atom stereocenters. The number of phenols is 2. The molecule has 60 heavy (non-hydrogen) atoms. The molecule has 3 amide bonds. The second-order valence-corrected chi connectivity index (χ2v) is 17.3. The Labute approximate surface area is 350 Å². The summed E-state index contributed by atoms with van der Waals surface area (Å²) in [5.41, 5.74) is 10.5. The van der Waals surface area contributed by atoms with Gasteiger partial charge in [0.15, 0.2) is 0 Å². The van der Waals surface area contributed by atoms with Crippen LogP contribution < -0.4 is 11.1 Å². The Bertz CT molecular complexity index is 2220. The van der Waals surface area contributed by atoms with Crippen LogP contribution in [0.5, 0.6) is 11.5 Å². The van der Waals surface area contributed by atoms with Gasteiger partial charge in [-0.25, -0.2) is 24.4 Å². The van der Waals surface area contributed by atoms with Gasteiger partial charge in [0.05, 0.1) is 18.0 Å². The average Bonchev–Trinajstić information content (AvgIpc) is 3.19. The normalized spacial score (nSPS) is 17.9. The molecule has 3 aliphatic rings. The molecule has 15 nitrogen and oxygen atoms in total. The summed E-state index contributed by atoms with van der Waals surface area (Å²) in [6.45, 7) is 13.2. The molecule has 0 spiro atoms. The van der Waals surface area contributed by atoms with Crippen LogP contribution in [0.3, 0.4) is 0 Å². The number of cyclic esters (lactones) is 1. The Morgan fingerprint density at radius 3 is 1.78 bits per heavy atom. The summed E-state index contributed by atoms with van der Waals surface area (Å²) in [6.07, 6.45) is 2.17. The highest BCUT2D eigenvalue weighted by molar-refractivity contribution is 5.87. The number of aromatic nitrogens is 2. The van der Waals surface area contributed by atoms with E-state index in [1.54, 1.807) is 46.2 Å². The number of nitrogens with two attached hydrogens (primary N) is 1. The second-order valence-electron chi connectivity index (χ2n) is 17.3. The molecule has 4 aromatic rings. The largest absolute Gasteiger partial charge is 0.507 e. The van der Waals surface area contributed by atoms with E-state index >= 15 is 0 Å². The van der Waals surface area contributed by atoms with Gasteiger partial charge in [-0.15, -0.1) is 0 Å². The van der Waals surface area contributed by atoms with Crippen LogP contribution in [-0.2, 0) is 27.4 Å². The predicted molar refractivity (Wildman–Crippen MR) is 226 cm³/mol. The van der Waals surface area contributed by atoms with Crippen molar-refractivity contribution in [2.75, 3.05) is 37.2 Å². The molecule has 0 saturated carbocycles. The number of anilines is 2. The van der Waals surface area contributed by atoms with Gasteiger partial charge in [-0.2, -0.15) is 0 Å². The highest BCUT2D eigenvalue weighted by Crippen LogP contribution is 2.40. The Morgan fingerprint density at radius 2 is 1.28 bits per heavy atom. The van der Waals surface area contributed by atoms with Crippen LogP contribution in [-0.4, -0.2) is 90.7 Å². The monoisotopic (exact) mass is 824 g/mol. The fraction of sp³-hybridized carbons (Fsp3) is 0.444. The highest BCUT2D eigenvalue weighted by Gasteiger charge is 2.33. The zero-order valence-corrected chi connectivity index (χ0v) is 35.2. The number of ether oxygens (including phenoxy) is 3. The molecule has 2 fully saturated rings. The van der Waals surface area contributed by atoms with E-state index in [4.69, 9.17) is 19.9 Å². The number of aromatic hydroxyl groups is 2. The number of carbonyl (C=O) groups excluding carboxylic acids is 3. The van der Waals surface area contributed by atoms with Gasteiger partial charge in [0.25, 0.3) is 0 Å². The summed E-state index contributed by atoms with van der Waals surface area (Å²) >= 11 is 0. The molecule has 0 bridgehead atoms. The summed E-state index contributed by atoms with van der Waals surface area (Å²) < 4.78 is 16.3. The number of nitrogens with zero attached hydrogens (tertiary/aromatic N) is 4. The van der Waals surface area contributed by atoms with Crippen molar-refractivity contribution in [2.45, 2.75) is 103 Å². The van der Waals surface area contributed by atoms with Crippen molar-refractivity contribution < 1.29 is 43.9 Å². The van der Waals surface area contributed by atoms with Crippen LogP contribution in [0.4, 0.5) is 26.0 Å². The summed E-state index contributed by atoms with van der Waals surface area (Å²) in [4.78, 5) is 49.4. The van der Waals surface area contributed by atoms with Crippen molar-refractivity contribution in [3.05, 3.63) is 82.9 Å². The average molecular weight is 825 g/mol. The van der Waals surface area contributed by atoms with E-state index in [2.05, 4.69) is 15.3 Å². The van der Waals surface area contributed by atoms with Crippen molar-refractivity contribution in [1.29, 1.82) is 0 Å². The van der Waals surface area contributed by atoms with Crippen molar-refractivity contribution in [2.24, 2.45) is 0 Å². The van der Waals surface area contributed by atoms with Crippen LogP contribution in [0.15, 0.2) is 60.7 Å². The second kappa shape index (κ2) is 18.0. The maximum absolute atomic E-state index is 12.6. The van der Waals surface area contributed by atoms with Crippen molar-refractivity contribution in [1.82, 2.24) is 19.8 Å². The number of aliphatic hydroxyl groups excluding tert-OH is 1. The van der Waals surface area contributed by atoms with E-state index in [0.717, 1.165) is 42.4 Å². The minimum absolute atomic E-state index is 0.00618. The number of pyridine rings is 2. The molecule has 320 valence electrons. The van der Waals surface area contributed by atoms with Gasteiger partial charge in [0, 0.05) is 60.3 Å². The topological polar surface area (TPSA) is 210 Å². The molecule has 0 radical (unpaired) electrons. The number of hydrogen-bond acceptors (Lipinski definition) is 12. The third-order valence-electron chi connectivity index (χ3n) is 10.5. The molecule has 2 saturated heterocycles. The van der Waals surface area contributed by atoms with Gasteiger partial charge in [-0.05, 0) is 115 Å². The number of phenolic OH excluding ortho intramolecular Hbond substituents is 2. The number of rotatable bonds is 5. The number of likely N-dealkylation sites (tertiary alicyclic amines) is 2. The first kappa shape index (κ1) is 43.5. The van der Waals surface area contributed by atoms with Crippen molar-refractivity contribution >= 4 is 29.9 Å². The summed E-state index contributed by atoms with van der Waals surface area (Å²) in [5.74, 6) is 0.910. The Balaban J connectivity index is 0.000000202. The third-order valence-corrected chi connectivity index (χ3v) is 10.5. The van der Waals surface area contributed by atoms with E-state index in [9.17, 15) is 29.7 Å². The fourth-order valence-electron chi connectivity index (χ4n) is 7.73. The fourth-order valence-corrected chi connectivity index (χ4v) is 7.73. The zero-order chi connectivity index (χ0) is 43.4. The van der Waals surface area contributed by atoms with Gasteiger partial charge >= 0.3 is 18.3 Å². The van der Waals surface area contributed by atoms with Crippen LogP contribution in [0.25, 0.3) is 22.5 Å². The van der Waals surface area contributed by atoms with E-state index in [-0.39, 0.29) is 54.6 Å². The molecular formula is C45H56N6O9. The molecule has 15 heteroatoms. The zero-order valence-electron chi connectivity index (χ0n) is 35.2. The Hall–Kier alpha value is -6.09. The first-order valence-corrected chi connectivity index (χ1v) is 20.3. The van der Waals surface area contributed by atoms with E-state index in [1.807, 2.05) is 65.8 Å². The SMILES string of the molecule is CC(C)(C)OC(=O)N1CCCC(c2cc(-c3ccccc3O)nc(N)c2CO)C1.CC(C)(C)OC(=O)N1CCCC(c2cc(-c3ccccc3O)nc3c2COC(=O)N3)C1. The standard InChI is InChI=1S/C23H27N3O5.C22H29N3O4/c1-23(2,3)31-22(29)26-10-6-7-14(12-26)16-11-18(15-8-4-5-9-19(15)27)24-20-17(16)13-30-21(28)25-20;1-22(2,3)29-21(28)25-10-6-7-14(12-25)16-11-18(24-20(23)17(16)13-26)15-8-4-5-9-19(15)27/h4-5,8-9,11,14,27H,6-7,10,12-13H2,1-3H3,(H,24,25,28);4-5,8-9,11,14,26-27H,6-7,10,12-13H2,1-3H3,(H2,23,24). The molecule has 6 N–H and O–H groups in total. The van der Waals surface area contributed by atoms with Crippen molar-refractivity contribution in [3.8, 4) is 34.0 Å². The molecule has 2 aromatic carbocycles. The van der Waals surface area contributed by atoms with Crippen LogP contribution >= 0.6 is 0 Å². The van der Waals surface area contributed by atoms with Crippen molar-refractivity contribution in [3.63, 3.8) is 0 Å². The summed E-state index contributed by atoms with van der Waals surface area (Å²) in [6, 6.07) is 17.7. The summed E-state index contributed by atoms with van der Waals surface area (Å²) in [7, 11) is 0. The van der Waals surface area contributed by atoms with Gasteiger partial charge in [-0.3, -0.25) is 5.32 Å². The quantitative estimate of drug-likeness (QED) is 0.120. The number of amides is 3. The minimum atomic E-state index is -0.560. The molecule has 7 rings (SSSR count). The maximum atomic E-state index is 12.6. The summed E-state index contributed by atoms with van der Waals surface area (Å²) in [5, 5.41) is 33.1. The number of carbonyl (C=O) groups is 3. The number of aliphatic hydroxyl groups is 1. The van der Waals surface area contributed by atoms with Crippen LogP contribution in [0, 0.1) is 0 Å². The number of piperidine rings is 2. The van der Waals surface area contributed by atoms with Gasteiger partial charge in [0.2, 0.25) is 0 Å². The number of para-hydroxylation sites is 2. The smallest absolute Gasteiger partial charge is 0.413 e. The molecule has 5 heterocycles. The lowest BCUT2D eigenvalue weighted by Crippen LogP contribution is -2.42. The number of benzene rings is 2. The molecule has 0 aliphatic carbocycles. The lowest BCUT2D eigenvalue weighted by Gasteiger charge is -2.35. The van der Waals surface area contributed by atoms with E-state index in [1.165, 1.54) is 0 Å². The number of hydrogen-bond donors (Lipinski definition) is 5. The first-order valence-electron chi connectivity index (χ1n) is 20.3. The third kappa shape index (κ3) is 10.6. The molecule has 3 aliphatic heterocycles. The lowest BCUT2D eigenvalue weighted by atomic mass is 9.87.